The SMILES string of the molecule is CNc1cc([C@H]2CC[C@H](C)CN2)ccc1SC. The number of hydrogen-bond acceptors (Lipinski definition) is 3. The molecule has 1 aliphatic heterocycles. The van der Waals surface area contributed by atoms with Gasteiger partial charge < -0.3 is 10.6 Å². The fraction of sp³-hybridized carbons (Fsp3) is 0.571. The van der Waals surface area contributed by atoms with Crippen LogP contribution in [-0.4, -0.2) is 19.8 Å². The summed E-state index contributed by atoms with van der Waals surface area (Å²) < 4.78 is 0. The first-order valence-electron chi connectivity index (χ1n) is 6.33. The molecule has 1 aromatic rings. The molecule has 2 nitrogen and oxygen atoms in total. The average Bonchev–Trinajstić information content (AvgIpc) is 2.39. The Morgan fingerprint density at radius 1 is 1.35 bits per heavy atom. The summed E-state index contributed by atoms with van der Waals surface area (Å²) >= 11 is 1.79. The summed E-state index contributed by atoms with van der Waals surface area (Å²) in [7, 11) is 2.00. The number of benzene rings is 1. The van der Waals surface area contributed by atoms with Gasteiger partial charge in [0.15, 0.2) is 0 Å². The predicted octanol–water partition coefficient (Wildman–Crippen LogP) is 3.51. The third-order valence-electron chi connectivity index (χ3n) is 3.56. The van der Waals surface area contributed by atoms with Crippen molar-refractivity contribution in [2.75, 3.05) is 25.2 Å². The lowest BCUT2D eigenvalue weighted by atomic mass is 9.92. The molecule has 2 N–H and O–H groups in total. The van der Waals surface area contributed by atoms with Crippen molar-refractivity contribution < 1.29 is 0 Å². The average molecular weight is 250 g/mol. The molecule has 1 aromatic carbocycles. The highest BCUT2D eigenvalue weighted by Crippen LogP contribution is 2.31. The quantitative estimate of drug-likeness (QED) is 0.803. The van der Waals surface area contributed by atoms with Gasteiger partial charge in [0, 0.05) is 23.7 Å². The second-order valence-electron chi connectivity index (χ2n) is 4.85. The summed E-state index contributed by atoms with van der Waals surface area (Å²) in [5.74, 6) is 0.820. The van der Waals surface area contributed by atoms with Gasteiger partial charge in [-0.05, 0) is 49.3 Å². The highest BCUT2D eigenvalue weighted by Gasteiger charge is 2.19. The minimum Gasteiger partial charge on any atom is -0.387 e. The van der Waals surface area contributed by atoms with E-state index in [1.165, 1.54) is 29.0 Å². The van der Waals surface area contributed by atoms with E-state index in [4.69, 9.17) is 0 Å². The zero-order valence-corrected chi connectivity index (χ0v) is 11.7. The Morgan fingerprint density at radius 2 is 2.18 bits per heavy atom. The smallest absolute Gasteiger partial charge is 0.0479 e. The van der Waals surface area contributed by atoms with Crippen molar-refractivity contribution >= 4 is 17.4 Å². The highest BCUT2D eigenvalue weighted by molar-refractivity contribution is 7.98. The minimum absolute atomic E-state index is 0.536. The van der Waals surface area contributed by atoms with Crippen molar-refractivity contribution in [2.24, 2.45) is 5.92 Å². The van der Waals surface area contributed by atoms with Crippen LogP contribution in [0.15, 0.2) is 23.1 Å². The molecule has 0 unspecified atom stereocenters. The summed E-state index contributed by atoms with van der Waals surface area (Å²) in [5, 5.41) is 6.93. The van der Waals surface area contributed by atoms with Crippen LogP contribution in [0.25, 0.3) is 0 Å². The lowest BCUT2D eigenvalue weighted by Crippen LogP contribution is -2.31. The van der Waals surface area contributed by atoms with Crippen LogP contribution in [0.4, 0.5) is 5.69 Å². The van der Waals surface area contributed by atoms with Gasteiger partial charge in [0.05, 0.1) is 0 Å². The Labute approximate surface area is 109 Å². The van der Waals surface area contributed by atoms with E-state index in [0.717, 1.165) is 12.5 Å². The normalized spacial score (nSPS) is 24.6. The van der Waals surface area contributed by atoms with Crippen LogP contribution in [0.2, 0.25) is 0 Å². The van der Waals surface area contributed by atoms with Crippen molar-refractivity contribution in [2.45, 2.75) is 30.7 Å². The maximum absolute atomic E-state index is 3.64. The zero-order chi connectivity index (χ0) is 12.3. The van der Waals surface area contributed by atoms with E-state index in [-0.39, 0.29) is 0 Å². The van der Waals surface area contributed by atoms with Gasteiger partial charge in [0.2, 0.25) is 0 Å². The number of piperidine rings is 1. The number of rotatable bonds is 3. The Morgan fingerprint density at radius 3 is 2.76 bits per heavy atom. The van der Waals surface area contributed by atoms with Crippen LogP contribution >= 0.6 is 11.8 Å². The summed E-state index contributed by atoms with van der Waals surface area (Å²) in [4.78, 5) is 1.32. The lowest BCUT2D eigenvalue weighted by Gasteiger charge is -2.28. The van der Waals surface area contributed by atoms with Crippen molar-refractivity contribution in [3.63, 3.8) is 0 Å². The molecule has 0 radical (unpaired) electrons. The molecule has 1 saturated heterocycles. The van der Waals surface area contributed by atoms with Gasteiger partial charge in [-0.15, -0.1) is 11.8 Å². The molecule has 17 heavy (non-hydrogen) atoms. The van der Waals surface area contributed by atoms with E-state index in [2.05, 4.69) is 42.0 Å². The fourth-order valence-corrected chi connectivity index (χ4v) is 3.01. The van der Waals surface area contributed by atoms with Gasteiger partial charge in [0.1, 0.15) is 0 Å². The molecular formula is C14H22N2S. The van der Waals surface area contributed by atoms with Gasteiger partial charge in [-0.1, -0.05) is 13.0 Å². The monoisotopic (exact) mass is 250 g/mol. The van der Waals surface area contributed by atoms with Crippen molar-refractivity contribution in [3.8, 4) is 0 Å². The topological polar surface area (TPSA) is 24.1 Å². The molecule has 0 spiro atoms. The molecule has 1 fully saturated rings. The van der Waals surface area contributed by atoms with Crippen LogP contribution in [0.1, 0.15) is 31.4 Å². The fourth-order valence-electron chi connectivity index (χ4n) is 2.42. The first-order chi connectivity index (χ1) is 8.24. The standard InChI is InChI=1S/C14H22N2S/c1-10-4-6-12(16-9-10)11-5-7-14(17-3)13(8-11)15-2/h5,7-8,10,12,15-16H,4,6,9H2,1-3H3/t10-,12+/m0/s1. The molecule has 0 saturated carbocycles. The van der Waals surface area contributed by atoms with Crippen molar-refractivity contribution in [1.82, 2.24) is 5.32 Å². The first kappa shape index (κ1) is 12.8. The molecule has 3 heteroatoms. The number of nitrogens with one attached hydrogen (secondary N) is 2. The largest absolute Gasteiger partial charge is 0.387 e. The molecule has 0 aromatic heterocycles. The first-order valence-corrected chi connectivity index (χ1v) is 7.56. The van der Waals surface area contributed by atoms with Gasteiger partial charge in [-0.3, -0.25) is 0 Å². The van der Waals surface area contributed by atoms with Crippen molar-refractivity contribution in [1.29, 1.82) is 0 Å². The van der Waals surface area contributed by atoms with Crippen LogP contribution in [-0.2, 0) is 0 Å². The lowest BCUT2D eigenvalue weighted by molar-refractivity contribution is 0.333. The summed E-state index contributed by atoms with van der Waals surface area (Å²) in [5.41, 5.74) is 2.66. The van der Waals surface area contributed by atoms with E-state index >= 15 is 0 Å². The van der Waals surface area contributed by atoms with E-state index in [1.807, 2.05) is 7.05 Å². The van der Waals surface area contributed by atoms with Gasteiger partial charge in [-0.2, -0.15) is 0 Å². The number of anilines is 1. The van der Waals surface area contributed by atoms with E-state index in [0.29, 0.717) is 6.04 Å². The Kier molecular flexibility index (Phi) is 4.35. The second kappa shape index (κ2) is 5.78. The van der Waals surface area contributed by atoms with Gasteiger partial charge >= 0.3 is 0 Å². The van der Waals surface area contributed by atoms with Crippen LogP contribution in [0, 0.1) is 5.92 Å². The number of hydrogen-bond donors (Lipinski definition) is 2. The van der Waals surface area contributed by atoms with Gasteiger partial charge in [0.25, 0.3) is 0 Å². The maximum atomic E-state index is 3.64. The van der Waals surface area contributed by atoms with Crippen LogP contribution in [0.5, 0.6) is 0 Å². The second-order valence-corrected chi connectivity index (χ2v) is 5.70. The number of thioether (sulfide) groups is 1. The van der Waals surface area contributed by atoms with Crippen molar-refractivity contribution in [3.05, 3.63) is 23.8 Å². The maximum Gasteiger partial charge on any atom is 0.0479 e. The molecule has 1 aliphatic rings. The molecule has 94 valence electrons. The predicted molar refractivity (Wildman–Crippen MR) is 76.9 cm³/mol. The Balaban J connectivity index is 2.16. The third kappa shape index (κ3) is 2.96. The van der Waals surface area contributed by atoms with Crippen LogP contribution in [0.3, 0.4) is 0 Å². The van der Waals surface area contributed by atoms with Gasteiger partial charge in [-0.25, -0.2) is 0 Å². The Bertz CT molecular complexity index is 370. The highest BCUT2D eigenvalue weighted by atomic mass is 32.2. The molecule has 1 heterocycles. The van der Waals surface area contributed by atoms with Crippen LogP contribution < -0.4 is 10.6 Å². The summed E-state index contributed by atoms with van der Waals surface area (Å²) in [6.07, 6.45) is 4.70. The molecule has 0 bridgehead atoms. The van der Waals surface area contributed by atoms with E-state index in [1.54, 1.807) is 11.8 Å². The molecule has 0 amide bonds. The van der Waals surface area contributed by atoms with E-state index in [9.17, 15) is 0 Å². The Hall–Kier alpha value is -0.670. The van der Waals surface area contributed by atoms with E-state index < -0.39 is 0 Å². The summed E-state index contributed by atoms with van der Waals surface area (Å²) in [6.45, 7) is 3.46. The molecule has 0 aliphatic carbocycles. The zero-order valence-electron chi connectivity index (χ0n) is 10.9. The molecular weight excluding hydrogens is 228 g/mol. The third-order valence-corrected chi connectivity index (χ3v) is 4.35. The molecule has 2 rings (SSSR count). The summed E-state index contributed by atoms with van der Waals surface area (Å²) in [6, 6.07) is 7.32. The molecule has 2 atom stereocenters. The minimum atomic E-state index is 0.536.